The number of hydrogen-bond donors (Lipinski definition) is 4. The fourth-order valence-electron chi connectivity index (χ4n) is 6.03. The Morgan fingerprint density at radius 1 is 0.565 bits per heavy atom. The van der Waals surface area contributed by atoms with Crippen molar-refractivity contribution in [2.75, 3.05) is 0 Å². The van der Waals surface area contributed by atoms with Gasteiger partial charge in [-0.05, 0) is 75.9 Å². The molecule has 5 rings (SSSR count). The molecule has 2 aliphatic rings. The molecule has 0 saturated heterocycles. The van der Waals surface area contributed by atoms with E-state index < -0.39 is 56.0 Å². The van der Waals surface area contributed by atoms with E-state index in [1.165, 1.54) is 12.1 Å². The average Bonchev–Trinajstić information content (AvgIpc) is 3.03. The van der Waals surface area contributed by atoms with Crippen molar-refractivity contribution in [3.8, 4) is 0 Å². The van der Waals surface area contributed by atoms with Gasteiger partial charge in [-0.2, -0.15) is 0 Å². The second-order valence-electron chi connectivity index (χ2n) is 12.2. The SMILES string of the molecule is Cc1ccc(S(=O)(=O)N[C@@H]2CCCC[C@H]2NC(=O)c2cccc(C(=O)N[C@@H]3CCCC[C@H]3NS(=O)(=O)c3ccc(C)cc3)n2)cc1. The molecule has 4 N–H and O–H groups in total. The highest BCUT2D eigenvalue weighted by Gasteiger charge is 2.33. The van der Waals surface area contributed by atoms with Gasteiger partial charge in [0, 0.05) is 24.2 Å². The van der Waals surface area contributed by atoms with Gasteiger partial charge in [0.05, 0.1) is 9.79 Å². The monoisotopic (exact) mass is 667 g/mol. The molecule has 2 amide bonds. The number of nitrogens with one attached hydrogen (secondary N) is 4. The van der Waals surface area contributed by atoms with Gasteiger partial charge >= 0.3 is 0 Å². The van der Waals surface area contributed by atoms with Crippen molar-refractivity contribution in [1.29, 1.82) is 0 Å². The van der Waals surface area contributed by atoms with Gasteiger partial charge in [-0.25, -0.2) is 31.3 Å². The van der Waals surface area contributed by atoms with Gasteiger partial charge in [-0.3, -0.25) is 9.59 Å². The second-order valence-corrected chi connectivity index (χ2v) is 15.6. The molecule has 0 bridgehead atoms. The molecular formula is C33H41N5O6S2. The number of hydrogen-bond acceptors (Lipinski definition) is 7. The van der Waals surface area contributed by atoms with Crippen molar-refractivity contribution in [2.24, 2.45) is 0 Å². The number of amides is 2. The van der Waals surface area contributed by atoms with Crippen LogP contribution in [-0.2, 0) is 20.0 Å². The summed E-state index contributed by atoms with van der Waals surface area (Å²) in [5.41, 5.74) is 1.95. The van der Waals surface area contributed by atoms with Crippen LogP contribution in [0.4, 0.5) is 0 Å². The number of rotatable bonds is 10. The largest absolute Gasteiger partial charge is 0.346 e. The summed E-state index contributed by atoms with van der Waals surface area (Å²) in [6.07, 6.45) is 5.64. The Labute approximate surface area is 271 Å². The number of carbonyl (C=O) groups excluding carboxylic acids is 2. The highest BCUT2D eigenvalue weighted by molar-refractivity contribution is 7.89. The molecule has 1 aromatic heterocycles. The average molecular weight is 668 g/mol. The Balaban J connectivity index is 1.23. The van der Waals surface area contributed by atoms with Crippen LogP contribution >= 0.6 is 0 Å². The van der Waals surface area contributed by atoms with E-state index in [-0.39, 0.29) is 21.2 Å². The van der Waals surface area contributed by atoms with E-state index in [9.17, 15) is 26.4 Å². The zero-order chi connectivity index (χ0) is 32.9. The van der Waals surface area contributed by atoms with Crippen LogP contribution in [0.2, 0.25) is 0 Å². The van der Waals surface area contributed by atoms with Gasteiger partial charge in [0.2, 0.25) is 20.0 Å². The lowest BCUT2D eigenvalue weighted by atomic mass is 9.91. The molecule has 13 heteroatoms. The molecular weight excluding hydrogens is 627 g/mol. The van der Waals surface area contributed by atoms with Gasteiger partial charge in [-0.15, -0.1) is 0 Å². The first-order valence-corrected chi connectivity index (χ1v) is 18.6. The lowest BCUT2D eigenvalue weighted by molar-refractivity contribution is 0.0908. The van der Waals surface area contributed by atoms with Crippen LogP contribution in [0.3, 0.4) is 0 Å². The van der Waals surface area contributed by atoms with Gasteiger partial charge in [0.15, 0.2) is 0 Å². The minimum absolute atomic E-state index is 0.0265. The van der Waals surface area contributed by atoms with E-state index in [4.69, 9.17) is 0 Å². The molecule has 4 atom stereocenters. The van der Waals surface area contributed by atoms with Crippen molar-refractivity contribution in [3.63, 3.8) is 0 Å². The maximum atomic E-state index is 13.3. The number of aromatic nitrogens is 1. The van der Waals surface area contributed by atoms with Crippen LogP contribution in [0, 0.1) is 13.8 Å². The normalized spacial score (nSPS) is 22.1. The highest BCUT2D eigenvalue weighted by atomic mass is 32.2. The number of aryl methyl sites for hydroxylation is 2. The molecule has 2 aromatic carbocycles. The Morgan fingerprint density at radius 3 is 1.28 bits per heavy atom. The van der Waals surface area contributed by atoms with Crippen LogP contribution in [0.1, 0.15) is 83.5 Å². The summed E-state index contributed by atoms with van der Waals surface area (Å²) in [4.78, 5) is 31.2. The first kappa shape index (κ1) is 33.7. The number of sulfonamides is 2. The van der Waals surface area contributed by atoms with Crippen LogP contribution in [0.15, 0.2) is 76.5 Å². The highest BCUT2D eigenvalue weighted by Crippen LogP contribution is 2.23. The molecule has 2 fully saturated rings. The topological polar surface area (TPSA) is 163 Å². The number of benzene rings is 2. The zero-order valence-electron chi connectivity index (χ0n) is 26.0. The van der Waals surface area contributed by atoms with E-state index in [0.29, 0.717) is 25.7 Å². The lowest BCUT2D eigenvalue weighted by Gasteiger charge is -2.32. The number of pyridine rings is 1. The van der Waals surface area contributed by atoms with Gasteiger partial charge in [0.1, 0.15) is 11.4 Å². The van der Waals surface area contributed by atoms with Crippen molar-refractivity contribution >= 4 is 31.9 Å². The van der Waals surface area contributed by atoms with E-state index in [0.717, 1.165) is 36.8 Å². The summed E-state index contributed by atoms with van der Waals surface area (Å²) in [7, 11) is -7.58. The van der Waals surface area contributed by atoms with Gasteiger partial charge in [-0.1, -0.05) is 67.1 Å². The Hall–Kier alpha value is -3.65. The van der Waals surface area contributed by atoms with Crippen LogP contribution in [-0.4, -0.2) is 57.8 Å². The fraction of sp³-hybridized carbons (Fsp3) is 0.424. The van der Waals surface area contributed by atoms with E-state index in [1.54, 1.807) is 54.6 Å². The summed E-state index contributed by atoms with van der Waals surface area (Å²) < 4.78 is 57.8. The third-order valence-corrected chi connectivity index (χ3v) is 11.7. The molecule has 46 heavy (non-hydrogen) atoms. The third kappa shape index (κ3) is 8.38. The summed E-state index contributed by atoms with van der Waals surface area (Å²) >= 11 is 0. The zero-order valence-corrected chi connectivity index (χ0v) is 27.7. The second kappa shape index (κ2) is 14.4. The first-order valence-electron chi connectivity index (χ1n) is 15.7. The molecule has 2 saturated carbocycles. The quantitative estimate of drug-likeness (QED) is 0.256. The molecule has 0 aliphatic heterocycles. The third-order valence-electron chi connectivity index (χ3n) is 8.65. The number of nitrogens with zero attached hydrogens (tertiary/aromatic N) is 1. The molecule has 0 spiro atoms. The molecule has 0 unspecified atom stereocenters. The molecule has 3 aromatic rings. The van der Waals surface area contributed by atoms with Crippen molar-refractivity contribution in [1.82, 2.24) is 25.1 Å². The standard InChI is InChI=1S/C33H41N5O6S2/c1-22-14-18-24(19-15-22)45(41,42)37-28-10-5-3-8-26(28)35-32(39)30-12-7-13-31(34-30)33(40)36-27-9-4-6-11-29(27)38-46(43,44)25-20-16-23(2)17-21-25/h7,12-21,26-29,37-38H,3-6,8-11H2,1-2H3,(H,35,39)(H,36,40)/t26-,27-,28-,29-/m1/s1. The van der Waals surface area contributed by atoms with Crippen molar-refractivity contribution in [3.05, 3.63) is 89.2 Å². The van der Waals surface area contributed by atoms with E-state index in [2.05, 4.69) is 25.1 Å². The molecule has 246 valence electrons. The Bertz CT molecular complexity index is 1640. The Morgan fingerprint density at radius 2 is 0.913 bits per heavy atom. The lowest BCUT2D eigenvalue weighted by Crippen LogP contribution is -2.53. The molecule has 1 heterocycles. The molecule has 11 nitrogen and oxygen atoms in total. The predicted octanol–water partition coefficient (Wildman–Crippen LogP) is 3.74. The summed E-state index contributed by atoms with van der Waals surface area (Å²) in [6, 6.07) is 15.8. The smallest absolute Gasteiger partial charge is 0.270 e. The van der Waals surface area contributed by atoms with Crippen LogP contribution in [0.25, 0.3) is 0 Å². The minimum atomic E-state index is -3.79. The Kier molecular flexibility index (Phi) is 10.6. The predicted molar refractivity (Wildman–Crippen MR) is 174 cm³/mol. The molecule has 0 radical (unpaired) electrons. The van der Waals surface area contributed by atoms with Crippen LogP contribution in [0.5, 0.6) is 0 Å². The minimum Gasteiger partial charge on any atom is -0.346 e. The van der Waals surface area contributed by atoms with Crippen LogP contribution < -0.4 is 20.1 Å². The van der Waals surface area contributed by atoms with E-state index in [1.807, 2.05) is 13.8 Å². The summed E-state index contributed by atoms with van der Waals surface area (Å²) in [6.45, 7) is 3.76. The van der Waals surface area contributed by atoms with Crippen molar-refractivity contribution < 1.29 is 26.4 Å². The maximum Gasteiger partial charge on any atom is 0.270 e. The van der Waals surface area contributed by atoms with E-state index >= 15 is 0 Å². The summed E-state index contributed by atoms with van der Waals surface area (Å²) in [5.74, 6) is -1.02. The van der Waals surface area contributed by atoms with Gasteiger partial charge < -0.3 is 10.6 Å². The molecule has 2 aliphatic carbocycles. The summed E-state index contributed by atoms with van der Waals surface area (Å²) in [5, 5.41) is 5.86. The van der Waals surface area contributed by atoms with Crippen molar-refractivity contribution in [2.45, 2.75) is 99.2 Å². The number of carbonyl (C=O) groups is 2. The fourth-order valence-corrected chi connectivity index (χ4v) is 8.65. The first-order chi connectivity index (χ1) is 21.9. The maximum absolute atomic E-state index is 13.3. The van der Waals surface area contributed by atoms with Gasteiger partial charge in [0.25, 0.3) is 11.8 Å².